The van der Waals surface area contributed by atoms with Crippen LogP contribution < -0.4 is 36.4 Å². The van der Waals surface area contributed by atoms with Gasteiger partial charge < -0.3 is 46.0 Å². The lowest BCUT2D eigenvalue weighted by Gasteiger charge is -2.35. The summed E-state index contributed by atoms with van der Waals surface area (Å²) < 4.78 is 5.17. The van der Waals surface area contributed by atoms with Gasteiger partial charge in [-0.25, -0.2) is 10.3 Å². The Morgan fingerprint density at radius 1 is 1.02 bits per heavy atom. The number of piperazine rings is 2. The van der Waals surface area contributed by atoms with Crippen molar-refractivity contribution in [3.8, 4) is 0 Å². The van der Waals surface area contributed by atoms with Crippen LogP contribution in [-0.4, -0.2) is 119 Å². The molecule has 2 saturated heterocycles. The Hall–Kier alpha value is -3.23. The number of hydrogen-bond acceptors (Lipinski definition) is 13. The second-order valence-electron chi connectivity index (χ2n) is 11.3. The molecule has 0 unspecified atom stereocenters. The van der Waals surface area contributed by atoms with Crippen molar-refractivity contribution < 1.29 is 9.53 Å². The maximum Gasteiger partial charge on any atom is 0.409 e. The van der Waals surface area contributed by atoms with E-state index in [0.29, 0.717) is 57.0 Å². The predicted octanol–water partition coefficient (Wildman–Crippen LogP) is 1.94. The largest absolute Gasteiger partial charge is 0.450 e. The first-order valence-corrected chi connectivity index (χ1v) is 16.2. The van der Waals surface area contributed by atoms with Gasteiger partial charge in [0.05, 0.1) is 18.8 Å². The van der Waals surface area contributed by atoms with E-state index in [1.807, 2.05) is 13.0 Å². The summed E-state index contributed by atoms with van der Waals surface area (Å²) in [5.41, 5.74) is 8.22. The summed E-state index contributed by atoms with van der Waals surface area (Å²) in [5.74, 6) is 2.19. The first-order valence-electron chi connectivity index (χ1n) is 16.2. The molecule has 1 saturated carbocycles. The van der Waals surface area contributed by atoms with Gasteiger partial charge in [-0.2, -0.15) is 15.1 Å². The van der Waals surface area contributed by atoms with E-state index >= 15 is 0 Å². The Kier molecular flexibility index (Phi) is 14.0. The SMILES string of the molecule is CCOC(=O)N1CCN(c2cc(N3CCNCC3)nc(NC/C(=C/NCCCNCCNC3CCCCC3)N=N)n2)CC1. The summed E-state index contributed by atoms with van der Waals surface area (Å²) in [5, 5.41) is 20.8. The molecule has 1 aromatic rings. The van der Waals surface area contributed by atoms with Gasteiger partial charge in [-0.05, 0) is 32.7 Å². The zero-order chi connectivity index (χ0) is 30.1. The number of nitrogens with zero attached hydrogens (tertiary/aromatic N) is 6. The Labute approximate surface area is 256 Å². The zero-order valence-electron chi connectivity index (χ0n) is 25.9. The minimum Gasteiger partial charge on any atom is -0.450 e. The number of anilines is 3. The third kappa shape index (κ3) is 11.1. The minimum absolute atomic E-state index is 0.265. The highest BCUT2D eigenvalue weighted by molar-refractivity contribution is 5.68. The van der Waals surface area contributed by atoms with Gasteiger partial charge in [0.25, 0.3) is 0 Å². The molecule has 6 N–H and O–H groups in total. The van der Waals surface area contributed by atoms with Gasteiger partial charge in [-0.15, -0.1) is 0 Å². The van der Waals surface area contributed by atoms with Gasteiger partial charge in [0.1, 0.15) is 11.6 Å². The van der Waals surface area contributed by atoms with Crippen molar-refractivity contribution in [2.45, 2.75) is 51.5 Å². The smallest absolute Gasteiger partial charge is 0.409 e. The topological polar surface area (TPSA) is 158 Å². The Balaban J connectivity index is 1.23. The lowest BCUT2D eigenvalue weighted by atomic mass is 9.95. The lowest BCUT2D eigenvalue weighted by Crippen LogP contribution is -2.49. The standard InChI is InChI=1S/C29H52N12O2/c1-2-43-29(42)41-19-17-40(18-20-41)27-21-26(39-15-13-32-14-16-39)36-28(37-27)35-23-25(38-30)22-33-10-6-9-31-11-12-34-24-7-4-3-5-8-24/h21-22,24,30-34H,2-20,23H2,1H3,(H,35,36,37)/b25-22-,38-30?. The van der Waals surface area contributed by atoms with Crippen LogP contribution in [-0.2, 0) is 4.74 Å². The fraction of sp³-hybridized carbons (Fsp3) is 0.759. The Morgan fingerprint density at radius 2 is 1.74 bits per heavy atom. The number of ether oxygens (including phenoxy) is 1. The summed E-state index contributed by atoms with van der Waals surface area (Å²) >= 11 is 0. The van der Waals surface area contributed by atoms with Crippen molar-refractivity contribution in [1.82, 2.24) is 36.1 Å². The van der Waals surface area contributed by atoms with Crippen LogP contribution >= 0.6 is 0 Å². The highest BCUT2D eigenvalue weighted by Crippen LogP contribution is 2.23. The fourth-order valence-electron chi connectivity index (χ4n) is 5.65. The summed E-state index contributed by atoms with van der Waals surface area (Å²) in [7, 11) is 0. The molecule has 14 heteroatoms. The quantitative estimate of drug-likeness (QED) is 0.122. The molecule has 1 amide bonds. The second kappa shape index (κ2) is 18.4. The Morgan fingerprint density at radius 3 is 2.44 bits per heavy atom. The van der Waals surface area contributed by atoms with Crippen molar-refractivity contribution in [3.63, 3.8) is 0 Å². The van der Waals surface area contributed by atoms with E-state index in [4.69, 9.17) is 20.2 Å². The highest BCUT2D eigenvalue weighted by atomic mass is 16.6. The molecule has 2 aliphatic heterocycles. The van der Waals surface area contributed by atoms with Crippen LogP contribution in [0.25, 0.3) is 0 Å². The molecule has 43 heavy (non-hydrogen) atoms. The highest BCUT2D eigenvalue weighted by Gasteiger charge is 2.24. The molecule has 0 atom stereocenters. The van der Waals surface area contributed by atoms with Crippen LogP contribution in [0.2, 0.25) is 0 Å². The first kappa shape index (κ1) is 32.7. The maximum atomic E-state index is 12.1. The molecule has 0 spiro atoms. The maximum absolute atomic E-state index is 12.1. The average molecular weight is 601 g/mol. The second-order valence-corrected chi connectivity index (χ2v) is 11.3. The number of aromatic nitrogens is 2. The number of amides is 1. The molecular weight excluding hydrogens is 548 g/mol. The monoisotopic (exact) mass is 600 g/mol. The zero-order valence-corrected chi connectivity index (χ0v) is 25.9. The molecule has 0 radical (unpaired) electrons. The van der Waals surface area contributed by atoms with Gasteiger partial charge in [0, 0.05) is 90.3 Å². The molecule has 3 fully saturated rings. The summed E-state index contributed by atoms with van der Waals surface area (Å²) in [6.45, 7) is 12.3. The van der Waals surface area contributed by atoms with Gasteiger partial charge in [0.2, 0.25) is 5.95 Å². The fourth-order valence-corrected chi connectivity index (χ4v) is 5.65. The molecule has 3 aliphatic rings. The van der Waals surface area contributed by atoms with Crippen LogP contribution in [0.1, 0.15) is 45.4 Å². The number of carbonyl (C=O) groups excluding carboxylic acids is 1. The number of nitrogens with one attached hydrogen (secondary N) is 6. The third-order valence-electron chi connectivity index (χ3n) is 8.12. The molecule has 1 aromatic heterocycles. The van der Waals surface area contributed by atoms with Crippen LogP contribution in [0.4, 0.5) is 22.4 Å². The molecule has 0 bridgehead atoms. The van der Waals surface area contributed by atoms with Crippen LogP contribution in [0, 0.1) is 5.53 Å². The number of carbonyl (C=O) groups is 1. The van der Waals surface area contributed by atoms with Gasteiger partial charge in [-0.1, -0.05) is 19.3 Å². The van der Waals surface area contributed by atoms with E-state index in [-0.39, 0.29) is 6.09 Å². The molecule has 14 nitrogen and oxygen atoms in total. The average Bonchev–Trinajstić information content (AvgIpc) is 3.06. The van der Waals surface area contributed by atoms with Crippen molar-refractivity contribution >= 4 is 23.7 Å². The van der Waals surface area contributed by atoms with E-state index in [2.05, 4.69) is 41.5 Å². The predicted molar refractivity (Wildman–Crippen MR) is 170 cm³/mol. The van der Waals surface area contributed by atoms with E-state index in [9.17, 15) is 4.79 Å². The molecule has 240 valence electrons. The summed E-state index contributed by atoms with van der Waals surface area (Å²) in [6, 6.07) is 2.74. The summed E-state index contributed by atoms with van der Waals surface area (Å²) in [4.78, 5) is 27.9. The molecule has 0 aromatic carbocycles. The lowest BCUT2D eigenvalue weighted by molar-refractivity contribution is 0.105. The van der Waals surface area contributed by atoms with Crippen molar-refractivity contribution in [3.05, 3.63) is 18.0 Å². The molecule has 4 rings (SSSR count). The van der Waals surface area contributed by atoms with Gasteiger partial charge in [0.15, 0.2) is 0 Å². The first-order chi connectivity index (χ1) is 21.2. The van der Waals surface area contributed by atoms with Crippen molar-refractivity contribution in [2.75, 3.05) is 107 Å². The molecular formula is C29H52N12O2. The van der Waals surface area contributed by atoms with E-state index in [1.165, 1.54) is 32.1 Å². The normalized spacial score (nSPS) is 18.4. The number of rotatable bonds is 16. The number of hydrogen-bond donors (Lipinski definition) is 6. The van der Waals surface area contributed by atoms with E-state index in [0.717, 1.165) is 70.4 Å². The minimum atomic E-state index is -0.265. The summed E-state index contributed by atoms with van der Waals surface area (Å²) in [6.07, 6.45) is 9.27. The van der Waals surface area contributed by atoms with Crippen molar-refractivity contribution in [2.24, 2.45) is 5.11 Å². The van der Waals surface area contributed by atoms with Crippen LogP contribution in [0.5, 0.6) is 0 Å². The Bertz CT molecular complexity index is 1010. The van der Waals surface area contributed by atoms with Crippen LogP contribution in [0.3, 0.4) is 0 Å². The van der Waals surface area contributed by atoms with E-state index < -0.39 is 0 Å². The third-order valence-corrected chi connectivity index (χ3v) is 8.12. The van der Waals surface area contributed by atoms with E-state index in [1.54, 1.807) is 11.1 Å². The molecule has 3 heterocycles. The van der Waals surface area contributed by atoms with Crippen molar-refractivity contribution in [1.29, 1.82) is 5.53 Å². The van der Waals surface area contributed by atoms with Crippen LogP contribution in [0.15, 0.2) is 23.1 Å². The molecule has 1 aliphatic carbocycles. The van der Waals surface area contributed by atoms with Gasteiger partial charge in [-0.3, -0.25) is 0 Å². The van der Waals surface area contributed by atoms with Gasteiger partial charge >= 0.3 is 6.09 Å².